The molecule has 0 aromatic heterocycles. The molecule has 0 saturated heterocycles. The Morgan fingerprint density at radius 1 is 1.15 bits per heavy atom. The number of halogens is 3. The summed E-state index contributed by atoms with van der Waals surface area (Å²) >= 11 is 0. The van der Waals surface area contributed by atoms with E-state index in [4.69, 9.17) is 4.74 Å². The summed E-state index contributed by atoms with van der Waals surface area (Å²) in [4.78, 5) is 12.0. The van der Waals surface area contributed by atoms with Crippen LogP contribution in [0.15, 0.2) is 48.5 Å². The molecule has 0 aliphatic carbocycles. The maximum atomic E-state index is 12.1. The van der Waals surface area contributed by atoms with Gasteiger partial charge in [0.1, 0.15) is 11.5 Å². The van der Waals surface area contributed by atoms with Crippen LogP contribution in [0, 0.1) is 6.92 Å². The number of amides is 1. The summed E-state index contributed by atoms with van der Waals surface area (Å²) < 4.78 is 46.1. The fraction of sp³-hybridized carbons (Fsp3) is 0.211. The van der Waals surface area contributed by atoms with Gasteiger partial charge in [0.15, 0.2) is 6.61 Å². The van der Waals surface area contributed by atoms with Crippen molar-refractivity contribution >= 4 is 17.7 Å². The Kier molecular flexibility index (Phi) is 6.27. The Labute approximate surface area is 149 Å². The van der Waals surface area contributed by atoms with E-state index in [0.717, 1.165) is 11.1 Å². The normalized spacial score (nSPS) is 11.4. The van der Waals surface area contributed by atoms with Crippen LogP contribution in [-0.4, -0.2) is 25.8 Å². The van der Waals surface area contributed by atoms with E-state index >= 15 is 0 Å². The summed E-state index contributed by atoms with van der Waals surface area (Å²) in [5.41, 5.74) is 2.23. The number of aryl methyl sites for hydroxylation is 1. The first kappa shape index (κ1) is 19.4. The molecular formula is C19H18F3NO3. The first-order valence-electron chi connectivity index (χ1n) is 7.70. The summed E-state index contributed by atoms with van der Waals surface area (Å²) in [6.07, 6.45) is -1.41. The lowest BCUT2D eigenvalue weighted by Gasteiger charge is -2.09. The summed E-state index contributed by atoms with van der Waals surface area (Å²) in [6, 6.07) is 11.2. The monoisotopic (exact) mass is 365 g/mol. The molecule has 138 valence electrons. The number of nitrogens with one attached hydrogen (secondary N) is 1. The van der Waals surface area contributed by atoms with Gasteiger partial charge in [-0.3, -0.25) is 4.79 Å². The number of anilines is 1. The molecule has 0 spiro atoms. The van der Waals surface area contributed by atoms with Gasteiger partial charge in [0.25, 0.3) is 0 Å². The average Bonchev–Trinajstić information content (AvgIpc) is 2.59. The summed E-state index contributed by atoms with van der Waals surface area (Å²) in [7, 11) is 1.55. The fourth-order valence-corrected chi connectivity index (χ4v) is 2.13. The third-order valence-electron chi connectivity index (χ3n) is 3.32. The van der Waals surface area contributed by atoms with Crippen molar-refractivity contribution in [2.24, 2.45) is 0 Å². The second kappa shape index (κ2) is 8.42. The topological polar surface area (TPSA) is 47.6 Å². The van der Waals surface area contributed by atoms with Gasteiger partial charge in [-0.25, -0.2) is 0 Å². The van der Waals surface area contributed by atoms with E-state index in [2.05, 4.69) is 10.1 Å². The molecule has 0 aliphatic heterocycles. The zero-order valence-corrected chi connectivity index (χ0v) is 14.3. The zero-order valence-electron chi connectivity index (χ0n) is 14.3. The van der Waals surface area contributed by atoms with Crippen LogP contribution in [0.5, 0.6) is 11.5 Å². The third-order valence-corrected chi connectivity index (χ3v) is 3.32. The van der Waals surface area contributed by atoms with Crippen molar-refractivity contribution in [1.29, 1.82) is 0 Å². The van der Waals surface area contributed by atoms with E-state index in [1.54, 1.807) is 13.2 Å². The van der Waals surface area contributed by atoms with Crippen LogP contribution in [0.3, 0.4) is 0 Å². The Balaban J connectivity index is 1.96. The lowest BCUT2D eigenvalue weighted by Crippen LogP contribution is -2.19. The molecule has 0 bridgehead atoms. The number of hydrogen-bond acceptors (Lipinski definition) is 3. The van der Waals surface area contributed by atoms with E-state index in [0.29, 0.717) is 11.4 Å². The maximum absolute atomic E-state index is 12.1. The van der Waals surface area contributed by atoms with Gasteiger partial charge in [-0.1, -0.05) is 11.6 Å². The number of ether oxygens (including phenoxy) is 2. The lowest BCUT2D eigenvalue weighted by atomic mass is 10.1. The van der Waals surface area contributed by atoms with Crippen LogP contribution >= 0.6 is 0 Å². The number of methoxy groups -OCH3 is 1. The van der Waals surface area contributed by atoms with E-state index in [9.17, 15) is 18.0 Å². The molecule has 0 aliphatic rings. The van der Waals surface area contributed by atoms with Crippen LogP contribution in [-0.2, 0) is 4.79 Å². The quantitative estimate of drug-likeness (QED) is 0.762. The van der Waals surface area contributed by atoms with Gasteiger partial charge < -0.3 is 14.8 Å². The molecule has 4 nitrogen and oxygen atoms in total. The first-order chi connectivity index (χ1) is 12.3. The van der Waals surface area contributed by atoms with Gasteiger partial charge in [0.2, 0.25) is 5.91 Å². The van der Waals surface area contributed by atoms with Crippen molar-refractivity contribution in [3.8, 4) is 11.5 Å². The second-order valence-electron chi connectivity index (χ2n) is 5.50. The number of rotatable bonds is 6. The van der Waals surface area contributed by atoms with E-state index in [1.165, 1.54) is 30.3 Å². The second-order valence-corrected chi connectivity index (χ2v) is 5.50. The predicted octanol–water partition coefficient (Wildman–Crippen LogP) is 4.60. The highest BCUT2D eigenvalue weighted by Gasteiger charge is 2.28. The van der Waals surface area contributed by atoms with E-state index in [1.807, 2.05) is 25.1 Å². The largest absolute Gasteiger partial charge is 0.496 e. The molecule has 0 unspecified atom stereocenters. The molecule has 0 saturated carbocycles. The molecule has 26 heavy (non-hydrogen) atoms. The maximum Gasteiger partial charge on any atom is 0.422 e. The highest BCUT2D eigenvalue weighted by atomic mass is 19.4. The molecule has 1 amide bonds. The highest BCUT2D eigenvalue weighted by Crippen LogP contribution is 2.22. The lowest BCUT2D eigenvalue weighted by molar-refractivity contribution is -0.153. The van der Waals surface area contributed by atoms with Gasteiger partial charge in [0.05, 0.1) is 7.11 Å². The highest BCUT2D eigenvalue weighted by molar-refractivity contribution is 6.02. The Morgan fingerprint density at radius 2 is 1.85 bits per heavy atom. The van der Waals surface area contributed by atoms with Crippen LogP contribution in [0.4, 0.5) is 18.9 Å². The molecule has 1 N–H and O–H groups in total. The number of alkyl halides is 3. The van der Waals surface area contributed by atoms with Crippen molar-refractivity contribution in [2.75, 3.05) is 19.0 Å². The fourth-order valence-electron chi connectivity index (χ4n) is 2.13. The van der Waals surface area contributed by atoms with E-state index < -0.39 is 12.8 Å². The minimum atomic E-state index is -4.39. The van der Waals surface area contributed by atoms with Gasteiger partial charge in [-0.2, -0.15) is 13.2 Å². The van der Waals surface area contributed by atoms with Crippen LogP contribution in [0.1, 0.15) is 11.1 Å². The van der Waals surface area contributed by atoms with Gasteiger partial charge in [0, 0.05) is 17.3 Å². The van der Waals surface area contributed by atoms with Crippen LogP contribution in [0.2, 0.25) is 0 Å². The Bertz CT molecular complexity index is 784. The molecule has 2 aromatic rings. The number of carbonyl (C=O) groups excluding carboxylic acids is 1. The molecule has 0 heterocycles. The van der Waals surface area contributed by atoms with Gasteiger partial charge in [-0.05, 0) is 49.4 Å². The van der Waals surface area contributed by atoms with Gasteiger partial charge >= 0.3 is 6.18 Å². The minimum absolute atomic E-state index is 0.0698. The molecule has 2 aromatic carbocycles. The third kappa shape index (κ3) is 6.16. The van der Waals surface area contributed by atoms with Crippen molar-refractivity contribution in [3.05, 3.63) is 59.7 Å². The SMILES string of the molecule is COc1ccc(C)cc1/C=C/C(=O)Nc1ccc(OCC(F)(F)F)cc1. The van der Waals surface area contributed by atoms with Crippen LogP contribution < -0.4 is 14.8 Å². The Hall–Kier alpha value is -2.96. The number of benzene rings is 2. The summed E-state index contributed by atoms with van der Waals surface area (Å²) in [5.74, 6) is 0.337. The molecule has 0 radical (unpaired) electrons. The zero-order chi connectivity index (χ0) is 19.2. The number of carbonyl (C=O) groups is 1. The van der Waals surface area contributed by atoms with Crippen LogP contribution in [0.25, 0.3) is 6.08 Å². The average molecular weight is 365 g/mol. The van der Waals surface area contributed by atoms with Crippen molar-refractivity contribution in [1.82, 2.24) is 0 Å². The summed E-state index contributed by atoms with van der Waals surface area (Å²) in [5, 5.41) is 2.62. The Morgan fingerprint density at radius 3 is 2.46 bits per heavy atom. The molecule has 2 rings (SSSR count). The van der Waals surface area contributed by atoms with E-state index in [-0.39, 0.29) is 11.7 Å². The molecule has 0 fully saturated rings. The molecule has 0 atom stereocenters. The number of hydrogen-bond donors (Lipinski definition) is 1. The molecular weight excluding hydrogens is 347 g/mol. The first-order valence-corrected chi connectivity index (χ1v) is 7.70. The smallest absolute Gasteiger partial charge is 0.422 e. The van der Waals surface area contributed by atoms with Gasteiger partial charge in [-0.15, -0.1) is 0 Å². The van der Waals surface area contributed by atoms with Crippen molar-refractivity contribution < 1.29 is 27.4 Å². The predicted molar refractivity (Wildman–Crippen MR) is 93.4 cm³/mol. The molecule has 7 heteroatoms. The summed E-state index contributed by atoms with van der Waals surface area (Å²) in [6.45, 7) is 0.568. The minimum Gasteiger partial charge on any atom is -0.496 e. The van der Waals surface area contributed by atoms with Crippen molar-refractivity contribution in [3.63, 3.8) is 0 Å². The van der Waals surface area contributed by atoms with Crippen molar-refractivity contribution in [2.45, 2.75) is 13.1 Å². The standard InChI is InChI=1S/C19H18F3NO3/c1-13-3-9-17(25-2)14(11-13)4-10-18(24)23-15-5-7-16(8-6-15)26-12-19(20,21)22/h3-11H,12H2,1-2H3,(H,23,24)/b10-4+.